The fraction of sp³-hybridized carbons (Fsp3) is 0.655. The van der Waals surface area contributed by atoms with Crippen molar-refractivity contribution in [3.8, 4) is 0 Å². The van der Waals surface area contributed by atoms with Crippen LogP contribution in [0.15, 0.2) is 24.3 Å². The number of ether oxygens (including phenoxy) is 4. The van der Waals surface area contributed by atoms with Gasteiger partial charge in [0.05, 0.1) is 37.6 Å². The lowest BCUT2D eigenvalue weighted by Crippen LogP contribution is -2.18. The van der Waals surface area contributed by atoms with Crippen LogP contribution in [0.5, 0.6) is 0 Å². The van der Waals surface area contributed by atoms with Crippen molar-refractivity contribution in [1.29, 1.82) is 0 Å². The summed E-state index contributed by atoms with van der Waals surface area (Å²) in [5, 5.41) is 0. The van der Waals surface area contributed by atoms with Crippen LogP contribution in [0.3, 0.4) is 0 Å². The Morgan fingerprint density at radius 3 is 1.49 bits per heavy atom. The van der Waals surface area contributed by atoms with E-state index < -0.39 is 11.9 Å². The number of hydrogen-bond acceptors (Lipinski definition) is 8. The van der Waals surface area contributed by atoms with Crippen molar-refractivity contribution in [3.63, 3.8) is 0 Å². The molecule has 0 atom stereocenters. The Bertz CT molecular complexity index is 823. The van der Waals surface area contributed by atoms with Gasteiger partial charge >= 0.3 is 23.9 Å². The van der Waals surface area contributed by atoms with Gasteiger partial charge in [0.2, 0.25) is 0 Å². The van der Waals surface area contributed by atoms with Crippen molar-refractivity contribution in [3.05, 3.63) is 35.4 Å². The Morgan fingerprint density at radius 2 is 1.03 bits per heavy atom. The molecule has 0 aromatic heterocycles. The fourth-order valence-electron chi connectivity index (χ4n) is 3.14. The molecule has 0 saturated heterocycles. The van der Waals surface area contributed by atoms with E-state index in [9.17, 15) is 19.2 Å². The minimum Gasteiger partial charge on any atom is -0.466 e. The summed E-state index contributed by atoms with van der Waals surface area (Å²) >= 11 is 0. The zero-order valence-electron chi connectivity index (χ0n) is 23.0. The number of benzene rings is 1. The zero-order chi connectivity index (χ0) is 27.5. The number of carbonyl (C=O) groups is 4. The standard InChI is InChI=1S/C29H44O8/c1-5-6-10-19-34-25(30)13-8-9-14-26(31)35-20-11-7-12-21-36-27(32)23-15-17-24(18-16-23)28(33)37-22-29(2,3)4/h15-18H,5-14,19-22H2,1-4H3. The van der Waals surface area contributed by atoms with Gasteiger partial charge in [-0.2, -0.15) is 0 Å². The van der Waals surface area contributed by atoms with E-state index in [1.807, 2.05) is 20.8 Å². The maximum atomic E-state index is 12.2. The molecule has 0 aliphatic carbocycles. The molecule has 0 amide bonds. The monoisotopic (exact) mass is 520 g/mol. The summed E-state index contributed by atoms with van der Waals surface area (Å²) < 4.78 is 20.9. The molecule has 0 heterocycles. The molecule has 37 heavy (non-hydrogen) atoms. The van der Waals surface area contributed by atoms with Crippen LogP contribution in [-0.4, -0.2) is 50.3 Å². The largest absolute Gasteiger partial charge is 0.466 e. The van der Waals surface area contributed by atoms with E-state index in [1.165, 1.54) is 0 Å². The second kappa shape index (κ2) is 18.4. The molecular formula is C29H44O8. The molecule has 1 aromatic rings. The topological polar surface area (TPSA) is 105 Å². The van der Waals surface area contributed by atoms with Crippen molar-refractivity contribution in [2.24, 2.45) is 5.41 Å². The Kier molecular flexibility index (Phi) is 15.9. The van der Waals surface area contributed by atoms with Gasteiger partial charge in [0.15, 0.2) is 0 Å². The van der Waals surface area contributed by atoms with Gasteiger partial charge < -0.3 is 18.9 Å². The Morgan fingerprint density at radius 1 is 0.595 bits per heavy atom. The zero-order valence-corrected chi connectivity index (χ0v) is 23.0. The lowest BCUT2D eigenvalue weighted by atomic mass is 9.99. The van der Waals surface area contributed by atoms with Gasteiger partial charge in [0.1, 0.15) is 0 Å². The summed E-state index contributed by atoms with van der Waals surface area (Å²) in [6.07, 6.45) is 6.93. The average Bonchev–Trinajstić information content (AvgIpc) is 2.86. The van der Waals surface area contributed by atoms with Crippen LogP contribution < -0.4 is 0 Å². The van der Waals surface area contributed by atoms with E-state index >= 15 is 0 Å². The van der Waals surface area contributed by atoms with Crippen LogP contribution in [-0.2, 0) is 28.5 Å². The predicted octanol–water partition coefficient (Wildman–Crippen LogP) is 6.05. The molecule has 208 valence electrons. The number of rotatable bonds is 18. The smallest absolute Gasteiger partial charge is 0.338 e. The van der Waals surface area contributed by atoms with Gasteiger partial charge in [-0.15, -0.1) is 0 Å². The van der Waals surface area contributed by atoms with Gasteiger partial charge in [-0.3, -0.25) is 9.59 Å². The van der Waals surface area contributed by atoms with Crippen molar-refractivity contribution >= 4 is 23.9 Å². The molecule has 0 bridgehead atoms. The molecule has 0 unspecified atom stereocenters. The van der Waals surface area contributed by atoms with Gasteiger partial charge in [-0.25, -0.2) is 9.59 Å². The van der Waals surface area contributed by atoms with E-state index in [-0.39, 0.29) is 30.4 Å². The first-order valence-corrected chi connectivity index (χ1v) is 13.4. The minimum atomic E-state index is -0.453. The molecule has 0 fully saturated rings. The molecule has 8 heteroatoms. The Labute approximate surface area is 221 Å². The summed E-state index contributed by atoms with van der Waals surface area (Å²) in [7, 11) is 0. The molecular weight excluding hydrogens is 476 g/mol. The first-order valence-electron chi connectivity index (χ1n) is 13.4. The first-order chi connectivity index (χ1) is 17.6. The van der Waals surface area contributed by atoms with Crippen LogP contribution in [0.1, 0.15) is 113 Å². The van der Waals surface area contributed by atoms with Gasteiger partial charge in [-0.05, 0) is 68.2 Å². The summed E-state index contributed by atoms with van der Waals surface area (Å²) in [5.74, 6) is -1.36. The minimum absolute atomic E-state index is 0.118. The van der Waals surface area contributed by atoms with Gasteiger partial charge in [-0.1, -0.05) is 40.5 Å². The first kappa shape index (κ1) is 32.1. The van der Waals surface area contributed by atoms with Crippen molar-refractivity contribution in [2.45, 2.75) is 91.9 Å². The molecule has 8 nitrogen and oxygen atoms in total. The average molecular weight is 521 g/mol. The Hall–Kier alpha value is -2.90. The van der Waals surface area contributed by atoms with Crippen LogP contribution in [0.25, 0.3) is 0 Å². The third-order valence-electron chi connectivity index (χ3n) is 5.30. The summed E-state index contributed by atoms with van der Waals surface area (Å²) in [4.78, 5) is 47.6. The van der Waals surface area contributed by atoms with Gasteiger partial charge in [0.25, 0.3) is 0 Å². The lowest BCUT2D eigenvalue weighted by molar-refractivity contribution is -0.146. The number of hydrogen-bond donors (Lipinski definition) is 0. The highest BCUT2D eigenvalue weighted by molar-refractivity contribution is 5.93. The molecule has 1 rings (SSSR count). The highest BCUT2D eigenvalue weighted by atomic mass is 16.5. The third-order valence-corrected chi connectivity index (χ3v) is 5.30. The molecule has 0 spiro atoms. The summed E-state index contributed by atoms with van der Waals surface area (Å²) in [6, 6.07) is 6.20. The van der Waals surface area contributed by atoms with E-state index in [0.717, 1.165) is 25.7 Å². The number of unbranched alkanes of at least 4 members (excludes halogenated alkanes) is 5. The third kappa shape index (κ3) is 16.5. The van der Waals surface area contributed by atoms with Crippen LogP contribution >= 0.6 is 0 Å². The lowest BCUT2D eigenvalue weighted by Gasteiger charge is -2.17. The maximum Gasteiger partial charge on any atom is 0.338 e. The SMILES string of the molecule is CCCCCOC(=O)CCCCC(=O)OCCCCCOC(=O)c1ccc(C(=O)OCC(C)(C)C)cc1. The summed E-state index contributed by atoms with van der Waals surface area (Å²) in [5.41, 5.74) is 0.633. The molecule has 0 aliphatic heterocycles. The van der Waals surface area contributed by atoms with E-state index in [4.69, 9.17) is 18.9 Å². The quantitative estimate of drug-likeness (QED) is 0.131. The second-order valence-electron chi connectivity index (χ2n) is 10.3. The van der Waals surface area contributed by atoms with Crippen LogP contribution in [0.2, 0.25) is 0 Å². The normalized spacial score (nSPS) is 11.0. The second-order valence-corrected chi connectivity index (χ2v) is 10.3. The van der Waals surface area contributed by atoms with Crippen LogP contribution in [0, 0.1) is 5.41 Å². The van der Waals surface area contributed by atoms with E-state index in [1.54, 1.807) is 24.3 Å². The highest BCUT2D eigenvalue weighted by Crippen LogP contribution is 2.15. The van der Waals surface area contributed by atoms with Crippen molar-refractivity contribution < 1.29 is 38.1 Å². The molecule has 1 aromatic carbocycles. The maximum absolute atomic E-state index is 12.2. The van der Waals surface area contributed by atoms with Crippen molar-refractivity contribution in [1.82, 2.24) is 0 Å². The number of esters is 4. The summed E-state index contributed by atoms with van der Waals surface area (Å²) in [6.45, 7) is 9.39. The Balaban J connectivity index is 2.07. The molecule has 0 radical (unpaired) electrons. The fourth-order valence-corrected chi connectivity index (χ4v) is 3.14. The van der Waals surface area contributed by atoms with Crippen molar-refractivity contribution in [2.75, 3.05) is 26.4 Å². The molecule has 0 N–H and O–H groups in total. The highest BCUT2D eigenvalue weighted by Gasteiger charge is 2.16. The van der Waals surface area contributed by atoms with Gasteiger partial charge in [0, 0.05) is 12.8 Å². The molecule has 0 saturated carbocycles. The molecule has 0 aliphatic rings. The van der Waals surface area contributed by atoms with Crippen LogP contribution in [0.4, 0.5) is 0 Å². The predicted molar refractivity (Wildman–Crippen MR) is 140 cm³/mol. The van der Waals surface area contributed by atoms with E-state index in [0.29, 0.717) is 63.1 Å². The van der Waals surface area contributed by atoms with E-state index in [2.05, 4.69) is 6.92 Å². The number of carbonyl (C=O) groups excluding carboxylic acids is 4.